The SMILES string of the molecule is O=C(/C=C/c1ccc(-c2ccccc2Cl)o1)Nc1cccc(C(F)(F)F)c1. The first-order valence-electron chi connectivity index (χ1n) is 7.84. The number of alkyl halides is 3. The second kappa shape index (κ2) is 7.72. The van der Waals surface area contributed by atoms with Crippen molar-refractivity contribution in [2.45, 2.75) is 6.18 Å². The molecule has 0 unspecified atom stereocenters. The van der Waals surface area contributed by atoms with Gasteiger partial charge in [-0.25, -0.2) is 0 Å². The Balaban J connectivity index is 1.69. The second-order valence-corrected chi connectivity index (χ2v) is 5.99. The predicted molar refractivity (Wildman–Crippen MR) is 98.3 cm³/mol. The van der Waals surface area contributed by atoms with Crippen LogP contribution in [0.3, 0.4) is 0 Å². The summed E-state index contributed by atoms with van der Waals surface area (Å²) in [6.45, 7) is 0. The van der Waals surface area contributed by atoms with Crippen LogP contribution in [0.1, 0.15) is 11.3 Å². The molecule has 0 bridgehead atoms. The Kier molecular flexibility index (Phi) is 5.37. The minimum atomic E-state index is -4.47. The Bertz CT molecular complexity index is 993. The number of carbonyl (C=O) groups is 1. The Morgan fingerprint density at radius 1 is 1.04 bits per heavy atom. The van der Waals surface area contributed by atoms with Gasteiger partial charge in [0.2, 0.25) is 5.91 Å². The third kappa shape index (κ3) is 4.80. The molecule has 3 aromatic rings. The number of hydrogen-bond donors (Lipinski definition) is 1. The number of nitrogens with one attached hydrogen (secondary N) is 1. The van der Waals surface area contributed by atoms with E-state index in [0.29, 0.717) is 22.1 Å². The number of amides is 1. The quantitative estimate of drug-likeness (QED) is 0.532. The van der Waals surface area contributed by atoms with Crippen molar-refractivity contribution in [3.8, 4) is 11.3 Å². The zero-order valence-corrected chi connectivity index (χ0v) is 14.5. The number of anilines is 1. The highest BCUT2D eigenvalue weighted by Gasteiger charge is 2.30. The third-order valence-corrected chi connectivity index (χ3v) is 3.95. The second-order valence-electron chi connectivity index (χ2n) is 5.58. The average Bonchev–Trinajstić information content (AvgIpc) is 3.09. The fraction of sp³-hybridized carbons (Fsp3) is 0.0500. The molecule has 0 aliphatic heterocycles. The lowest BCUT2D eigenvalue weighted by molar-refractivity contribution is -0.137. The highest BCUT2D eigenvalue weighted by Crippen LogP contribution is 2.31. The van der Waals surface area contributed by atoms with E-state index < -0.39 is 17.6 Å². The monoisotopic (exact) mass is 391 g/mol. The van der Waals surface area contributed by atoms with Gasteiger partial charge in [-0.05, 0) is 48.5 Å². The van der Waals surface area contributed by atoms with Gasteiger partial charge in [0.25, 0.3) is 0 Å². The minimum Gasteiger partial charge on any atom is -0.457 e. The molecule has 0 atom stereocenters. The lowest BCUT2D eigenvalue weighted by Gasteiger charge is -2.08. The summed E-state index contributed by atoms with van der Waals surface area (Å²) in [5.74, 6) is 0.368. The maximum Gasteiger partial charge on any atom is 0.416 e. The molecule has 7 heteroatoms. The van der Waals surface area contributed by atoms with Crippen LogP contribution in [-0.4, -0.2) is 5.91 Å². The number of furan rings is 1. The molecule has 0 saturated heterocycles. The topological polar surface area (TPSA) is 42.2 Å². The normalized spacial score (nSPS) is 11.7. The molecule has 0 aliphatic carbocycles. The molecule has 138 valence electrons. The van der Waals surface area contributed by atoms with Gasteiger partial charge >= 0.3 is 6.18 Å². The van der Waals surface area contributed by atoms with Crippen molar-refractivity contribution in [2.24, 2.45) is 0 Å². The summed E-state index contributed by atoms with van der Waals surface area (Å²) in [4.78, 5) is 11.9. The van der Waals surface area contributed by atoms with Crippen molar-refractivity contribution >= 4 is 29.3 Å². The minimum absolute atomic E-state index is 0.0516. The molecule has 0 aliphatic rings. The van der Waals surface area contributed by atoms with E-state index in [-0.39, 0.29) is 5.69 Å². The van der Waals surface area contributed by atoms with E-state index in [0.717, 1.165) is 12.1 Å². The number of hydrogen-bond acceptors (Lipinski definition) is 2. The van der Waals surface area contributed by atoms with Crippen LogP contribution < -0.4 is 5.32 Å². The van der Waals surface area contributed by atoms with Crippen molar-refractivity contribution in [1.29, 1.82) is 0 Å². The van der Waals surface area contributed by atoms with Crippen molar-refractivity contribution in [3.05, 3.63) is 83.1 Å². The summed E-state index contributed by atoms with van der Waals surface area (Å²) in [5.41, 5.74) is -0.0670. The van der Waals surface area contributed by atoms with Crippen molar-refractivity contribution in [1.82, 2.24) is 0 Å². The van der Waals surface area contributed by atoms with E-state index in [1.807, 2.05) is 6.07 Å². The molecule has 0 spiro atoms. The summed E-state index contributed by atoms with van der Waals surface area (Å²) in [7, 11) is 0. The zero-order valence-electron chi connectivity index (χ0n) is 13.8. The van der Waals surface area contributed by atoms with Crippen LogP contribution in [0.15, 0.2) is 71.2 Å². The van der Waals surface area contributed by atoms with Gasteiger partial charge in [0.1, 0.15) is 11.5 Å². The van der Waals surface area contributed by atoms with Crippen LogP contribution in [0, 0.1) is 0 Å². The van der Waals surface area contributed by atoms with Gasteiger partial charge in [0.05, 0.1) is 10.6 Å². The average molecular weight is 392 g/mol. The molecular weight excluding hydrogens is 379 g/mol. The van der Waals surface area contributed by atoms with E-state index in [1.54, 1.807) is 30.3 Å². The molecular formula is C20H13ClF3NO2. The van der Waals surface area contributed by atoms with Crippen LogP contribution in [0.5, 0.6) is 0 Å². The molecule has 3 nitrogen and oxygen atoms in total. The van der Waals surface area contributed by atoms with Crippen molar-refractivity contribution in [3.63, 3.8) is 0 Å². The fourth-order valence-electron chi connectivity index (χ4n) is 2.36. The van der Waals surface area contributed by atoms with Crippen molar-refractivity contribution < 1.29 is 22.4 Å². The van der Waals surface area contributed by atoms with Crippen LogP contribution >= 0.6 is 11.6 Å². The van der Waals surface area contributed by atoms with Gasteiger partial charge < -0.3 is 9.73 Å². The molecule has 1 heterocycles. The van der Waals surface area contributed by atoms with Crippen LogP contribution in [0.4, 0.5) is 18.9 Å². The van der Waals surface area contributed by atoms with E-state index in [1.165, 1.54) is 24.3 Å². The standard InChI is InChI=1S/C20H13ClF3NO2/c21-17-7-2-1-6-16(17)18-10-8-15(27-18)9-11-19(26)25-14-5-3-4-13(12-14)20(22,23)24/h1-12H,(H,25,26)/b11-9+. The van der Waals surface area contributed by atoms with Gasteiger partial charge in [0.15, 0.2) is 0 Å². The lowest BCUT2D eigenvalue weighted by atomic mass is 10.2. The summed E-state index contributed by atoms with van der Waals surface area (Å²) in [5, 5.41) is 2.92. The van der Waals surface area contributed by atoms with E-state index in [2.05, 4.69) is 5.32 Å². The van der Waals surface area contributed by atoms with Crippen LogP contribution in [0.25, 0.3) is 17.4 Å². The van der Waals surface area contributed by atoms with Gasteiger partial charge in [0, 0.05) is 17.3 Å². The molecule has 1 aromatic heterocycles. The highest BCUT2D eigenvalue weighted by atomic mass is 35.5. The first kappa shape index (κ1) is 18.8. The Labute approximate surface area is 158 Å². The van der Waals surface area contributed by atoms with Crippen molar-refractivity contribution in [2.75, 3.05) is 5.32 Å². The molecule has 1 N–H and O–H groups in total. The molecule has 2 aromatic carbocycles. The number of halogens is 4. The van der Waals surface area contributed by atoms with E-state index in [9.17, 15) is 18.0 Å². The molecule has 0 fully saturated rings. The molecule has 3 rings (SSSR count). The molecule has 0 saturated carbocycles. The Morgan fingerprint density at radius 2 is 1.81 bits per heavy atom. The molecule has 0 radical (unpaired) electrons. The molecule has 27 heavy (non-hydrogen) atoms. The smallest absolute Gasteiger partial charge is 0.416 e. The summed E-state index contributed by atoms with van der Waals surface area (Å²) >= 11 is 6.11. The number of rotatable bonds is 4. The first-order chi connectivity index (χ1) is 12.8. The summed E-state index contributed by atoms with van der Waals surface area (Å²) < 4.78 is 43.7. The predicted octanol–water partition coefficient (Wildman–Crippen LogP) is 6.27. The van der Waals surface area contributed by atoms with Gasteiger partial charge in [-0.1, -0.05) is 29.8 Å². The maximum absolute atomic E-state index is 12.7. The fourth-order valence-corrected chi connectivity index (χ4v) is 2.59. The zero-order chi connectivity index (χ0) is 19.4. The van der Waals surface area contributed by atoms with E-state index in [4.69, 9.17) is 16.0 Å². The lowest BCUT2D eigenvalue weighted by Crippen LogP contribution is -2.10. The van der Waals surface area contributed by atoms with E-state index >= 15 is 0 Å². The van der Waals surface area contributed by atoms with Gasteiger partial charge in [-0.2, -0.15) is 13.2 Å². The maximum atomic E-state index is 12.7. The summed E-state index contributed by atoms with van der Waals surface area (Å²) in [6.07, 6.45) is -1.88. The number of carbonyl (C=O) groups excluding carboxylic acids is 1. The van der Waals surface area contributed by atoms with Gasteiger partial charge in [-0.3, -0.25) is 4.79 Å². The Hall–Kier alpha value is -2.99. The Morgan fingerprint density at radius 3 is 2.56 bits per heavy atom. The molecule has 1 amide bonds. The highest BCUT2D eigenvalue weighted by molar-refractivity contribution is 6.33. The largest absolute Gasteiger partial charge is 0.457 e. The third-order valence-electron chi connectivity index (χ3n) is 3.62. The first-order valence-corrected chi connectivity index (χ1v) is 8.22. The van der Waals surface area contributed by atoms with Gasteiger partial charge in [-0.15, -0.1) is 0 Å². The number of benzene rings is 2. The van der Waals surface area contributed by atoms with Crippen LogP contribution in [0.2, 0.25) is 5.02 Å². The van der Waals surface area contributed by atoms with Crippen LogP contribution in [-0.2, 0) is 11.0 Å². The summed E-state index contributed by atoms with van der Waals surface area (Å²) in [6, 6.07) is 14.9.